The molecule has 0 unspecified atom stereocenters. The van der Waals surface area contributed by atoms with E-state index in [2.05, 4.69) is 15.5 Å². The van der Waals surface area contributed by atoms with Crippen molar-refractivity contribution in [3.63, 3.8) is 0 Å². The van der Waals surface area contributed by atoms with Gasteiger partial charge in [-0.05, 0) is 36.4 Å². The van der Waals surface area contributed by atoms with Gasteiger partial charge >= 0.3 is 0 Å². The van der Waals surface area contributed by atoms with Crippen molar-refractivity contribution in [1.82, 2.24) is 19.2 Å². The Bertz CT molecular complexity index is 1600. The fourth-order valence-electron chi connectivity index (χ4n) is 3.80. The Labute approximate surface area is 204 Å². The number of carbonyl (C=O) groups is 1. The van der Waals surface area contributed by atoms with Crippen LogP contribution in [-0.4, -0.2) is 45.0 Å². The molecule has 5 aromatic rings. The molecule has 2 aromatic heterocycles. The largest absolute Gasteiger partial charge is 0.497 e. The van der Waals surface area contributed by atoms with Crippen molar-refractivity contribution in [3.8, 4) is 17.2 Å². The number of ether oxygens (including phenoxy) is 2. The van der Waals surface area contributed by atoms with E-state index >= 15 is 0 Å². The number of para-hydroxylation sites is 2. The third-order valence-corrected chi connectivity index (χ3v) is 6.35. The standard InChI is InChI=1S/C25H21N5O4S/c1-33-17-12-13-19(21(14-17)34-2)26-22(31)15-35-25-28-27-24-29(16-8-4-3-5-9-16)23(32)18-10-6-7-11-20(18)30(24)25/h3-14H,15H2,1-2H3,(H,26,31). The predicted molar refractivity (Wildman–Crippen MR) is 135 cm³/mol. The maximum Gasteiger partial charge on any atom is 0.267 e. The van der Waals surface area contributed by atoms with Gasteiger partial charge in [0.15, 0.2) is 5.16 Å². The molecule has 9 nitrogen and oxygen atoms in total. The molecule has 0 saturated heterocycles. The van der Waals surface area contributed by atoms with Gasteiger partial charge in [-0.3, -0.25) is 14.0 Å². The van der Waals surface area contributed by atoms with E-state index in [1.165, 1.54) is 23.4 Å². The second kappa shape index (κ2) is 9.51. The smallest absolute Gasteiger partial charge is 0.267 e. The van der Waals surface area contributed by atoms with Crippen LogP contribution in [0.1, 0.15) is 0 Å². The van der Waals surface area contributed by atoms with Gasteiger partial charge in [-0.2, -0.15) is 0 Å². The molecule has 0 fully saturated rings. The zero-order valence-electron chi connectivity index (χ0n) is 19.0. The Morgan fingerprint density at radius 1 is 0.971 bits per heavy atom. The molecule has 0 spiro atoms. The summed E-state index contributed by atoms with van der Waals surface area (Å²) in [6.07, 6.45) is 0. The Morgan fingerprint density at radius 3 is 2.51 bits per heavy atom. The summed E-state index contributed by atoms with van der Waals surface area (Å²) < 4.78 is 13.9. The first-order chi connectivity index (χ1) is 17.1. The summed E-state index contributed by atoms with van der Waals surface area (Å²) in [5, 5.41) is 12.5. The minimum absolute atomic E-state index is 0.0781. The Hall–Kier alpha value is -4.31. The lowest BCUT2D eigenvalue weighted by Gasteiger charge is -2.12. The van der Waals surface area contributed by atoms with Crippen molar-refractivity contribution in [3.05, 3.63) is 83.2 Å². The Balaban J connectivity index is 1.49. The summed E-state index contributed by atoms with van der Waals surface area (Å²) in [6, 6.07) is 21.7. The van der Waals surface area contributed by atoms with E-state index in [0.717, 1.165) is 0 Å². The molecule has 2 heterocycles. The number of carbonyl (C=O) groups excluding carboxylic acids is 1. The minimum atomic E-state index is -0.240. The van der Waals surface area contributed by atoms with Crippen LogP contribution in [0.5, 0.6) is 11.5 Å². The number of rotatable bonds is 7. The van der Waals surface area contributed by atoms with Gasteiger partial charge in [-0.25, -0.2) is 4.57 Å². The number of hydrogen-bond acceptors (Lipinski definition) is 7. The van der Waals surface area contributed by atoms with E-state index in [1.807, 2.05) is 48.5 Å². The number of fused-ring (bicyclic) bond motifs is 3. The van der Waals surface area contributed by atoms with Gasteiger partial charge in [0.2, 0.25) is 11.7 Å². The van der Waals surface area contributed by atoms with Crippen molar-refractivity contribution < 1.29 is 14.3 Å². The highest BCUT2D eigenvalue weighted by atomic mass is 32.2. The zero-order valence-corrected chi connectivity index (χ0v) is 19.8. The summed E-state index contributed by atoms with van der Waals surface area (Å²) in [6.45, 7) is 0. The molecular formula is C25H21N5O4S. The summed E-state index contributed by atoms with van der Waals surface area (Å²) in [5.74, 6) is 1.33. The molecule has 35 heavy (non-hydrogen) atoms. The van der Waals surface area contributed by atoms with Crippen LogP contribution >= 0.6 is 11.8 Å². The fourth-order valence-corrected chi connectivity index (χ4v) is 4.54. The van der Waals surface area contributed by atoms with Crippen LogP contribution < -0.4 is 20.3 Å². The van der Waals surface area contributed by atoms with Gasteiger partial charge in [-0.15, -0.1) is 10.2 Å². The molecule has 0 saturated carbocycles. The highest BCUT2D eigenvalue weighted by Crippen LogP contribution is 2.29. The van der Waals surface area contributed by atoms with E-state index in [1.54, 1.807) is 35.8 Å². The summed E-state index contributed by atoms with van der Waals surface area (Å²) in [7, 11) is 3.09. The second-order valence-corrected chi connectivity index (χ2v) is 8.46. The lowest BCUT2D eigenvalue weighted by molar-refractivity contribution is -0.113. The zero-order chi connectivity index (χ0) is 24.4. The molecule has 10 heteroatoms. The van der Waals surface area contributed by atoms with Crippen molar-refractivity contribution >= 4 is 40.0 Å². The number of anilines is 1. The normalized spacial score (nSPS) is 11.0. The maximum atomic E-state index is 13.3. The van der Waals surface area contributed by atoms with Crippen LogP contribution in [0.25, 0.3) is 22.4 Å². The Morgan fingerprint density at radius 2 is 1.74 bits per heavy atom. The monoisotopic (exact) mass is 487 g/mol. The van der Waals surface area contributed by atoms with Crippen LogP contribution in [0, 0.1) is 0 Å². The van der Waals surface area contributed by atoms with Crippen LogP contribution in [0.15, 0.2) is 82.7 Å². The second-order valence-electron chi connectivity index (χ2n) is 7.51. The van der Waals surface area contributed by atoms with E-state index < -0.39 is 0 Å². The average Bonchev–Trinajstić information content (AvgIpc) is 3.32. The maximum absolute atomic E-state index is 13.3. The van der Waals surface area contributed by atoms with E-state index in [-0.39, 0.29) is 17.2 Å². The van der Waals surface area contributed by atoms with Crippen LogP contribution in [-0.2, 0) is 4.79 Å². The number of nitrogens with zero attached hydrogens (tertiary/aromatic N) is 4. The first-order valence-corrected chi connectivity index (χ1v) is 11.7. The van der Waals surface area contributed by atoms with Crippen molar-refractivity contribution in [2.45, 2.75) is 5.16 Å². The molecule has 3 aromatic carbocycles. The first kappa shape index (κ1) is 22.5. The lowest BCUT2D eigenvalue weighted by Crippen LogP contribution is -2.21. The molecule has 0 bridgehead atoms. The number of methoxy groups -OCH3 is 2. The van der Waals surface area contributed by atoms with Crippen LogP contribution in [0.4, 0.5) is 5.69 Å². The third kappa shape index (κ3) is 4.19. The number of aromatic nitrogens is 4. The van der Waals surface area contributed by atoms with Gasteiger partial charge in [0.1, 0.15) is 11.5 Å². The summed E-state index contributed by atoms with van der Waals surface area (Å²) >= 11 is 1.23. The van der Waals surface area contributed by atoms with Crippen molar-refractivity contribution in [2.24, 2.45) is 0 Å². The third-order valence-electron chi connectivity index (χ3n) is 5.42. The molecule has 176 valence electrons. The Kier molecular flexibility index (Phi) is 6.11. The van der Waals surface area contributed by atoms with Gasteiger partial charge in [0, 0.05) is 6.07 Å². The predicted octanol–water partition coefficient (Wildman–Crippen LogP) is 3.78. The quantitative estimate of drug-likeness (QED) is 0.349. The molecule has 0 aliphatic rings. The number of hydrogen-bond donors (Lipinski definition) is 1. The fraction of sp³-hybridized carbons (Fsp3) is 0.120. The van der Waals surface area contributed by atoms with Crippen molar-refractivity contribution in [1.29, 1.82) is 0 Å². The van der Waals surface area contributed by atoms with Crippen LogP contribution in [0.2, 0.25) is 0 Å². The van der Waals surface area contributed by atoms with Gasteiger partial charge in [0.25, 0.3) is 5.56 Å². The molecule has 0 radical (unpaired) electrons. The van der Waals surface area contributed by atoms with E-state index in [9.17, 15) is 9.59 Å². The average molecular weight is 488 g/mol. The van der Waals surface area contributed by atoms with Gasteiger partial charge < -0.3 is 14.8 Å². The number of amides is 1. The van der Waals surface area contributed by atoms with Gasteiger partial charge in [-0.1, -0.05) is 42.1 Å². The van der Waals surface area contributed by atoms with E-state index in [4.69, 9.17) is 9.47 Å². The summed E-state index contributed by atoms with van der Waals surface area (Å²) in [4.78, 5) is 26.1. The molecular weight excluding hydrogens is 466 g/mol. The number of nitrogens with one attached hydrogen (secondary N) is 1. The first-order valence-electron chi connectivity index (χ1n) is 10.7. The molecule has 0 atom stereocenters. The summed E-state index contributed by atoms with van der Waals surface area (Å²) in [5.41, 5.74) is 1.70. The molecule has 1 amide bonds. The highest BCUT2D eigenvalue weighted by Gasteiger charge is 2.19. The number of thioether (sulfide) groups is 1. The molecule has 1 N–H and O–H groups in total. The van der Waals surface area contributed by atoms with Gasteiger partial charge in [0.05, 0.1) is 42.3 Å². The van der Waals surface area contributed by atoms with E-state index in [0.29, 0.717) is 44.7 Å². The SMILES string of the molecule is COc1ccc(NC(=O)CSc2nnc3n(-c4ccccc4)c(=O)c4ccccc4n23)c(OC)c1. The number of benzene rings is 3. The molecule has 0 aliphatic heterocycles. The minimum Gasteiger partial charge on any atom is -0.497 e. The highest BCUT2D eigenvalue weighted by molar-refractivity contribution is 7.99. The molecule has 5 rings (SSSR count). The van der Waals surface area contributed by atoms with Crippen molar-refractivity contribution in [2.75, 3.05) is 25.3 Å². The molecule has 0 aliphatic carbocycles. The lowest BCUT2D eigenvalue weighted by atomic mass is 10.2. The van der Waals surface area contributed by atoms with Crippen LogP contribution in [0.3, 0.4) is 0 Å². The topological polar surface area (TPSA) is 99.7 Å².